The van der Waals surface area contributed by atoms with Crippen molar-refractivity contribution in [1.29, 1.82) is 0 Å². The number of ether oxygens (including phenoxy) is 1. The molecule has 0 bridgehead atoms. The van der Waals surface area contributed by atoms with Gasteiger partial charge in [0, 0.05) is 28.1 Å². The smallest absolute Gasteiger partial charge is 0.132 e. The highest BCUT2D eigenvalue weighted by molar-refractivity contribution is 5.99. The highest BCUT2D eigenvalue weighted by Gasteiger charge is 2.53. The molecule has 0 radical (unpaired) electrons. The fourth-order valence-corrected chi connectivity index (χ4v) is 11.7. The SMILES string of the molecule is CC(C)(C)c1ccc2c(c1)C1(c3cc(C(C)(C)C)ccc3O2)c2ccccc2-c2c(N(c3ccccc3)c3ccc4c(c3)C(c3ccccc3)(c3ccccc3)c3ccccc3-4)cccc21. The molecular weight excluding hydrogens is 799 g/mol. The fourth-order valence-electron chi connectivity index (χ4n) is 11.7. The fraction of sp³-hybridized carbons (Fsp3) is 0.156. The van der Waals surface area contributed by atoms with E-state index in [-0.39, 0.29) is 10.8 Å². The number of benzene rings is 9. The van der Waals surface area contributed by atoms with Crippen LogP contribution in [0.25, 0.3) is 22.3 Å². The number of fused-ring (bicyclic) bond motifs is 12. The van der Waals surface area contributed by atoms with Crippen LogP contribution in [0.1, 0.15) is 97.2 Å². The van der Waals surface area contributed by atoms with Gasteiger partial charge in [-0.2, -0.15) is 0 Å². The predicted molar refractivity (Wildman–Crippen MR) is 273 cm³/mol. The lowest BCUT2D eigenvalue weighted by Gasteiger charge is -2.41. The van der Waals surface area contributed by atoms with Crippen molar-refractivity contribution in [3.05, 3.63) is 268 Å². The Hall–Kier alpha value is -7.42. The van der Waals surface area contributed by atoms with Crippen LogP contribution < -0.4 is 9.64 Å². The third kappa shape index (κ3) is 5.67. The molecule has 0 fully saturated rings. The van der Waals surface area contributed by atoms with Crippen molar-refractivity contribution in [2.45, 2.75) is 63.2 Å². The molecule has 66 heavy (non-hydrogen) atoms. The van der Waals surface area contributed by atoms with E-state index in [4.69, 9.17) is 4.74 Å². The minimum Gasteiger partial charge on any atom is -0.457 e. The van der Waals surface area contributed by atoms with Crippen LogP contribution in [0.5, 0.6) is 11.5 Å². The highest BCUT2D eigenvalue weighted by atomic mass is 16.5. The van der Waals surface area contributed by atoms with Gasteiger partial charge in [0.2, 0.25) is 0 Å². The van der Waals surface area contributed by atoms with Gasteiger partial charge in [-0.05, 0) is 127 Å². The number of hydrogen-bond acceptors (Lipinski definition) is 2. The summed E-state index contributed by atoms with van der Waals surface area (Å²) in [6.07, 6.45) is 0. The maximum Gasteiger partial charge on any atom is 0.132 e. The van der Waals surface area contributed by atoms with E-state index >= 15 is 0 Å². The molecule has 0 amide bonds. The number of nitrogens with zero attached hydrogens (tertiary/aromatic N) is 1. The van der Waals surface area contributed by atoms with E-state index in [0.29, 0.717) is 0 Å². The van der Waals surface area contributed by atoms with Crippen LogP contribution in [0.3, 0.4) is 0 Å². The second-order valence-electron chi connectivity index (χ2n) is 20.4. The number of rotatable bonds is 5. The molecule has 0 N–H and O–H groups in total. The maximum atomic E-state index is 7.00. The van der Waals surface area contributed by atoms with Gasteiger partial charge in [-0.3, -0.25) is 0 Å². The molecule has 9 aromatic rings. The summed E-state index contributed by atoms with van der Waals surface area (Å²) in [7, 11) is 0. The molecule has 320 valence electrons. The maximum absolute atomic E-state index is 7.00. The van der Waals surface area contributed by atoms with E-state index < -0.39 is 10.8 Å². The van der Waals surface area contributed by atoms with Crippen molar-refractivity contribution in [2.75, 3.05) is 4.90 Å². The standard InChI is InChI=1S/C64H53NO/c1-61(2,3)44-33-37-58-55(39-44)64(56-40-45(62(4,5)6)34-38-59(56)66-58)52-30-19-17-28-50(52)60-53(64)31-20-32-57(60)65(46-25-14-9-15-26-46)47-35-36-49-48-27-16-18-29-51(48)63(54(49)41-47,42-21-10-7-11-22-42)43-23-12-8-13-24-43/h7-41H,1-6H3. The molecule has 2 aliphatic carbocycles. The van der Waals surface area contributed by atoms with Gasteiger partial charge >= 0.3 is 0 Å². The lowest BCUT2D eigenvalue weighted by atomic mass is 9.64. The number of para-hydroxylation sites is 1. The molecule has 1 heterocycles. The molecule has 3 aliphatic rings. The second kappa shape index (κ2) is 14.5. The number of hydrogen-bond donors (Lipinski definition) is 0. The third-order valence-electron chi connectivity index (χ3n) is 14.7. The van der Waals surface area contributed by atoms with Gasteiger partial charge in [0.25, 0.3) is 0 Å². The van der Waals surface area contributed by atoms with Crippen LogP contribution >= 0.6 is 0 Å². The molecule has 1 spiro atoms. The molecular formula is C64H53NO. The van der Waals surface area contributed by atoms with Gasteiger partial charge in [-0.25, -0.2) is 0 Å². The van der Waals surface area contributed by atoms with Gasteiger partial charge in [-0.15, -0.1) is 0 Å². The first-order chi connectivity index (χ1) is 32.0. The summed E-state index contributed by atoms with van der Waals surface area (Å²) in [6, 6.07) is 79.4. The van der Waals surface area contributed by atoms with Crippen molar-refractivity contribution >= 4 is 17.1 Å². The van der Waals surface area contributed by atoms with Crippen LogP contribution in [0.15, 0.2) is 212 Å². The van der Waals surface area contributed by atoms with E-state index in [2.05, 4.69) is 259 Å². The molecule has 0 aromatic heterocycles. The van der Waals surface area contributed by atoms with E-state index in [1.54, 1.807) is 0 Å². The van der Waals surface area contributed by atoms with Crippen LogP contribution in [-0.2, 0) is 21.7 Å². The highest BCUT2D eigenvalue weighted by Crippen LogP contribution is 2.65. The summed E-state index contributed by atoms with van der Waals surface area (Å²) >= 11 is 0. The van der Waals surface area contributed by atoms with E-state index in [0.717, 1.165) is 28.6 Å². The lowest BCUT2D eigenvalue weighted by Crippen LogP contribution is -2.33. The molecule has 1 aliphatic heterocycles. The van der Waals surface area contributed by atoms with Crippen LogP contribution in [-0.4, -0.2) is 0 Å². The lowest BCUT2D eigenvalue weighted by molar-refractivity contribution is 0.433. The molecule has 0 saturated carbocycles. The largest absolute Gasteiger partial charge is 0.457 e. The zero-order valence-electron chi connectivity index (χ0n) is 38.6. The van der Waals surface area contributed by atoms with Crippen molar-refractivity contribution in [2.24, 2.45) is 0 Å². The normalized spacial score (nSPS) is 14.6. The molecule has 2 nitrogen and oxygen atoms in total. The summed E-state index contributed by atoms with van der Waals surface area (Å²) in [4.78, 5) is 2.51. The van der Waals surface area contributed by atoms with Gasteiger partial charge in [0.1, 0.15) is 11.5 Å². The Labute approximate surface area is 389 Å². The zero-order chi connectivity index (χ0) is 45.0. The molecule has 0 unspecified atom stereocenters. The minimum absolute atomic E-state index is 0.0708. The monoisotopic (exact) mass is 851 g/mol. The Kier molecular flexibility index (Phi) is 8.84. The second-order valence-corrected chi connectivity index (χ2v) is 20.4. The van der Waals surface area contributed by atoms with Gasteiger partial charge in [0.15, 0.2) is 0 Å². The first-order valence-electron chi connectivity index (χ1n) is 23.4. The molecule has 0 saturated heterocycles. The Morgan fingerprint density at radius 3 is 1.41 bits per heavy atom. The Balaban J connectivity index is 1.17. The van der Waals surface area contributed by atoms with Crippen molar-refractivity contribution < 1.29 is 4.74 Å². The Morgan fingerprint density at radius 2 is 0.833 bits per heavy atom. The van der Waals surface area contributed by atoms with Crippen LogP contribution in [0.4, 0.5) is 17.1 Å². The summed E-state index contributed by atoms with van der Waals surface area (Å²) in [5.74, 6) is 1.81. The first kappa shape index (κ1) is 40.1. The summed E-state index contributed by atoms with van der Waals surface area (Å²) in [5, 5.41) is 0. The third-order valence-corrected chi connectivity index (χ3v) is 14.7. The summed E-state index contributed by atoms with van der Waals surface area (Å²) in [6.45, 7) is 13.8. The topological polar surface area (TPSA) is 12.5 Å². The average molecular weight is 852 g/mol. The van der Waals surface area contributed by atoms with Gasteiger partial charge < -0.3 is 9.64 Å². The van der Waals surface area contributed by atoms with Crippen molar-refractivity contribution in [3.8, 4) is 33.8 Å². The number of anilines is 3. The molecule has 2 heteroatoms. The summed E-state index contributed by atoms with van der Waals surface area (Å²) < 4.78 is 7.00. The molecule has 12 rings (SSSR count). The molecule has 0 atom stereocenters. The van der Waals surface area contributed by atoms with Crippen LogP contribution in [0.2, 0.25) is 0 Å². The van der Waals surface area contributed by atoms with E-state index in [1.807, 2.05) is 0 Å². The minimum atomic E-state index is -0.648. The zero-order valence-corrected chi connectivity index (χ0v) is 38.6. The van der Waals surface area contributed by atoms with E-state index in [1.165, 1.54) is 77.9 Å². The Morgan fingerprint density at radius 1 is 0.348 bits per heavy atom. The first-order valence-corrected chi connectivity index (χ1v) is 23.4. The predicted octanol–water partition coefficient (Wildman–Crippen LogP) is 16.6. The average Bonchev–Trinajstić information content (AvgIpc) is 3.80. The summed E-state index contributed by atoms with van der Waals surface area (Å²) in [5.41, 5.74) is 19.6. The Bertz CT molecular complexity index is 3250. The van der Waals surface area contributed by atoms with E-state index in [9.17, 15) is 0 Å². The van der Waals surface area contributed by atoms with Crippen molar-refractivity contribution in [1.82, 2.24) is 0 Å². The quantitative estimate of drug-likeness (QED) is 0.171. The van der Waals surface area contributed by atoms with Crippen LogP contribution in [0, 0.1) is 0 Å². The molecule has 9 aromatic carbocycles. The van der Waals surface area contributed by atoms with Gasteiger partial charge in [0.05, 0.1) is 16.5 Å². The van der Waals surface area contributed by atoms with Gasteiger partial charge in [-0.1, -0.05) is 199 Å². The van der Waals surface area contributed by atoms with Crippen molar-refractivity contribution in [3.63, 3.8) is 0 Å².